The lowest BCUT2D eigenvalue weighted by Gasteiger charge is -2.11. The van der Waals surface area contributed by atoms with Crippen LogP contribution in [0, 0.1) is 0 Å². The molecule has 2 aromatic rings. The third kappa shape index (κ3) is 3.21. The van der Waals surface area contributed by atoms with Gasteiger partial charge in [0.1, 0.15) is 0 Å². The molecule has 0 amide bonds. The molecular weight excluding hydrogens is 272 g/mol. The van der Waals surface area contributed by atoms with Crippen molar-refractivity contribution in [1.29, 1.82) is 0 Å². The minimum atomic E-state index is 0.136. The Kier molecular flexibility index (Phi) is 4.36. The van der Waals surface area contributed by atoms with Gasteiger partial charge in [-0.15, -0.1) is 0 Å². The van der Waals surface area contributed by atoms with Gasteiger partial charge in [0.2, 0.25) is 0 Å². The van der Waals surface area contributed by atoms with Crippen molar-refractivity contribution in [2.24, 2.45) is 0 Å². The van der Waals surface area contributed by atoms with Crippen LogP contribution in [0.2, 0.25) is 5.02 Å². The number of halogens is 1. The fourth-order valence-corrected chi connectivity index (χ4v) is 2.63. The van der Waals surface area contributed by atoms with Gasteiger partial charge >= 0.3 is 0 Å². The molecule has 2 aromatic carbocycles. The van der Waals surface area contributed by atoms with Crippen molar-refractivity contribution in [1.82, 2.24) is 0 Å². The van der Waals surface area contributed by atoms with E-state index in [-0.39, 0.29) is 12.2 Å². The van der Waals surface area contributed by atoms with Crippen LogP contribution in [0.3, 0.4) is 0 Å². The zero-order valence-corrected chi connectivity index (χ0v) is 11.9. The summed E-state index contributed by atoms with van der Waals surface area (Å²) in [6.45, 7) is 1.18. The Bertz CT molecular complexity index is 556. The molecule has 20 heavy (non-hydrogen) atoms. The van der Waals surface area contributed by atoms with Crippen molar-refractivity contribution in [2.75, 3.05) is 6.61 Å². The molecule has 0 N–H and O–H groups in total. The Balaban J connectivity index is 1.55. The van der Waals surface area contributed by atoms with Crippen molar-refractivity contribution in [3.63, 3.8) is 0 Å². The molecule has 2 atom stereocenters. The summed E-state index contributed by atoms with van der Waals surface area (Å²) in [6.07, 6.45) is 1.18. The summed E-state index contributed by atoms with van der Waals surface area (Å²) >= 11 is 6.12. The van der Waals surface area contributed by atoms with Gasteiger partial charge in [0.05, 0.1) is 25.4 Å². The van der Waals surface area contributed by atoms with Crippen molar-refractivity contribution >= 4 is 11.6 Å². The topological polar surface area (TPSA) is 18.5 Å². The van der Waals surface area contributed by atoms with E-state index in [9.17, 15) is 0 Å². The standard InChI is InChI=1S/C17H17ClO2/c18-16-9-5-4-8-14(16)11-19-15-10-17(20-12-15)13-6-2-1-3-7-13/h1-9,15,17H,10-12H2. The Hall–Kier alpha value is -1.35. The van der Waals surface area contributed by atoms with E-state index in [1.807, 2.05) is 42.5 Å². The lowest BCUT2D eigenvalue weighted by atomic mass is 10.1. The van der Waals surface area contributed by atoms with E-state index in [4.69, 9.17) is 21.1 Å². The summed E-state index contributed by atoms with van der Waals surface area (Å²) in [5.74, 6) is 0. The zero-order chi connectivity index (χ0) is 13.8. The predicted molar refractivity (Wildman–Crippen MR) is 79.8 cm³/mol. The summed E-state index contributed by atoms with van der Waals surface area (Å²) < 4.78 is 11.7. The zero-order valence-electron chi connectivity index (χ0n) is 11.2. The van der Waals surface area contributed by atoms with Crippen LogP contribution >= 0.6 is 11.6 Å². The predicted octanol–water partition coefficient (Wildman–Crippen LogP) is 4.39. The summed E-state index contributed by atoms with van der Waals surface area (Å²) in [5, 5.41) is 0.756. The normalized spacial score (nSPS) is 22.1. The second-order valence-electron chi connectivity index (χ2n) is 4.99. The molecule has 104 valence electrons. The first-order chi connectivity index (χ1) is 9.83. The number of hydrogen-bond acceptors (Lipinski definition) is 2. The van der Waals surface area contributed by atoms with Crippen molar-refractivity contribution in [3.8, 4) is 0 Å². The molecule has 1 saturated heterocycles. The number of benzene rings is 2. The maximum absolute atomic E-state index is 6.12. The maximum atomic E-state index is 6.12. The molecule has 0 spiro atoms. The average molecular weight is 289 g/mol. The maximum Gasteiger partial charge on any atom is 0.0851 e. The quantitative estimate of drug-likeness (QED) is 0.831. The van der Waals surface area contributed by atoms with Crippen molar-refractivity contribution in [2.45, 2.75) is 25.2 Å². The number of rotatable bonds is 4. The molecule has 0 aliphatic carbocycles. The van der Waals surface area contributed by atoms with Crippen LogP contribution < -0.4 is 0 Å². The molecular formula is C17H17ClO2. The van der Waals surface area contributed by atoms with E-state index < -0.39 is 0 Å². The largest absolute Gasteiger partial charge is 0.371 e. The molecule has 3 rings (SSSR count). The molecule has 1 aliphatic rings. The molecule has 0 saturated carbocycles. The molecule has 1 fully saturated rings. The number of ether oxygens (including phenoxy) is 2. The van der Waals surface area contributed by atoms with Crippen molar-refractivity contribution < 1.29 is 9.47 Å². The highest BCUT2D eigenvalue weighted by molar-refractivity contribution is 6.31. The molecule has 2 nitrogen and oxygen atoms in total. The van der Waals surface area contributed by atoms with Gasteiger partial charge in [0, 0.05) is 11.4 Å². The highest BCUT2D eigenvalue weighted by atomic mass is 35.5. The molecule has 0 radical (unpaired) electrons. The van der Waals surface area contributed by atoms with Gasteiger partial charge in [0.25, 0.3) is 0 Å². The molecule has 1 heterocycles. The minimum absolute atomic E-state index is 0.136. The highest BCUT2D eigenvalue weighted by Gasteiger charge is 2.27. The Labute approximate surface area is 124 Å². The van der Waals surface area contributed by atoms with Crippen LogP contribution in [-0.4, -0.2) is 12.7 Å². The second kappa shape index (κ2) is 6.40. The third-order valence-corrected chi connectivity index (χ3v) is 3.93. The lowest BCUT2D eigenvalue weighted by molar-refractivity contribution is 0.0275. The van der Waals surface area contributed by atoms with Crippen LogP contribution in [0.15, 0.2) is 54.6 Å². The fourth-order valence-electron chi connectivity index (χ4n) is 2.44. The highest BCUT2D eigenvalue weighted by Crippen LogP contribution is 2.30. The first-order valence-corrected chi connectivity index (χ1v) is 7.22. The third-order valence-electron chi connectivity index (χ3n) is 3.56. The summed E-state index contributed by atoms with van der Waals surface area (Å²) in [6, 6.07) is 18.1. The van der Waals surface area contributed by atoms with E-state index in [1.165, 1.54) is 5.56 Å². The monoisotopic (exact) mass is 288 g/mol. The second-order valence-corrected chi connectivity index (χ2v) is 5.40. The Morgan fingerprint density at radius 2 is 1.80 bits per heavy atom. The SMILES string of the molecule is Clc1ccccc1COC1COC(c2ccccc2)C1. The van der Waals surface area contributed by atoms with Crippen LogP contribution in [0.5, 0.6) is 0 Å². The van der Waals surface area contributed by atoms with E-state index >= 15 is 0 Å². The summed E-state index contributed by atoms with van der Waals surface area (Å²) in [4.78, 5) is 0. The molecule has 0 aromatic heterocycles. The first kappa shape index (κ1) is 13.6. The van der Waals surface area contributed by atoms with E-state index in [0.717, 1.165) is 17.0 Å². The molecule has 3 heteroatoms. The number of hydrogen-bond donors (Lipinski definition) is 0. The average Bonchev–Trinajstić information content (AvgIpc) is 2.96. The van der Waals surface area contributed by atoms with Crippen molar-refractivity contribution in [3.05, 3.63) is 70.7 Å². The molecule has 2 unspecified atom stereocenters. The van der Waals surface area contributed by atoms with E-state index in [1.54, 1.807) is 0 Å². The van der Waals surface area contributed by atoms with E-state index in [0.29, 0.717) is 13.2 Å². The molecule has 1 aliphatic heterocycles. The Morgan fingerprint density at radius 1 is 1.05 bits per heavy atom. The lowest BCUT2D eigenvalue weighted by Crippen LogP contribution is -2.12. The van der Waals surface area contributed by atoms with Gasteiger partial charge in [-0.05, 0) is 17.2 Å². The van der Waals surface area contributed by atoms with Crippen LogP contribution in [0.4, 0.5) is 0 Å². The minimum Gasteiger partial charge on any atom is -0.371 e. The van der Waals surface area contributed by atoms with Crippen LogP contribution in [-0.2, 0) is 16.1 Å². The fraction of sp³-hybridized carbons (Fsp3) is 0.294. The van der Waals surface area contributed by atoms with Gasteiger partial charge in [-0.2, -0.15) is 0 Å². The van der Waals surface area contributed by atoms with E-state index in [2.05, 4.69) is 12.1 Å². The van der Waals surface area contributed by atoms with Gasteiger partial charge in [0.15, 0.2) is 0 Å². The summed E-state index contributed by atoms with van der Waals surface area (Å²) in [7, 11) is 0. The van der Waals surface area contributed by atoms with Gasteiger partial charge in [-0.25, -0.2) is 0 Å². The van der Waals surface area contributed by atoms with Crippen LogP contribution in [0.1, 0.15) is 23.7 Å². The summed E-state index contributed by atoms with van der Waals surface area (Å²) in [5.41, 5.74) is 2.24. The first-order valence-electron chi connectivity index (χ1n) is 6.84. The van der Waals surface area contributed by atoms with Gasteiger partial charge < -0.3 is 9.47 Å². The smallest absolute Gasteiger partial charge is 0.0851 e. The van der Waals surface area contributed by atoms with Crippen LogP contribution in [0.25, 0.3) is 0 Å². The van der Waals surface area contributed by atoms with Gasteiger partial charge in [-0.3, -0.25) is 0 Å². The van der Waals surface area contributed by atoms with Gasteiger partial charge in [-0.1, -0.05) is 60.1 Å². The molecule has 0 bridgehead atoms. The Morgan fingerprint density at radius 3 is 2.60 bits per heavy atom.